The van der Waals surface area contributed by atoms with Gasteiger partial charge in [-0.2, -0.15) is 0 Å². The molecule has 1 aliphatic rings. The Morgan fingerprint density at radius 3 is 2.17 bits per heavy atom. The summed E-state index contributed by atoms with van der Waals surface area (Å²) in [7, 11) is 0. The molecule has 1 aliphatic heterocycles. The molecule has 0 atom stereocenters. The zero-order valence-corrected chi connectivity index (χ0v) is 10.4. The summed E-state index contributed by atoms with van der Waals surface area (Å²) < 4.78 is 9.74. The summed E-state index contributed by atoms with van der Waals surface area (Å²) in [5.41, 5.74) is 0. The van der Waals surface area contributed by atoms with Crippen LogP contribution in [-0.2, 0) is 19.1 Å². The number of carbonyl (C=O) groups excluding carboxylic acids is 2. The Labute approximate surface area is 106 Å². The molecule has 6 heteroatoms. The lowest BCUT2D eigenvalue weighted by molar-refractivity contribution is -0.212. The molecule has 1 heterocycles. The standard InChI is InChI=1S/C12H20O6/c13-10-6-5-7-12(15,16)11(14)18-9-4-2-1-3-8-17-10/h15-16H,1-9H2. The van der Waals surface area contributed by atoms with Gasteiger partial charge >= 0.3 is 11.9 Å². The van der Waals surface area contributed by atoms with Crippen molar-refractivity contribution in [3.63, 3.8) is 0 Å². The zero-order chi connectivity index (χ0) is 13.4. The van der Waals surface area contributed by atoms with Gasteiger partial charge in [-0.25, -0.2) is 4.79 Å². The largest absolute Gasteiger partial charge is 0.466 e. The van der Waals surface area contributed by atoms with Gasteiger partial charge in [0.15, 0.2) is 0 Å². The van der Waals surface area contributed by atoms with Gasteiger partial charge in [0, 0.05) is 12.8 Å². The lowest BCUT2D eigenvalue weighted by atomic mass is 10.1. The van der Waals surface area contributed by atoms with E-state index in [1.807, 2.05) is 0 Å². The van der Waals surface area contributed by atoms with Gasteiger partial charge in [0.25, 0.3) is 5.79 Å². The predicted molar refractivity (Wildman–Crippen MR) is 61.4 cm³/mol. The molecule has 0 saturated carbocycles. The van der Waals surface area contributed by atoms with E-state index in [2.05, 4.69) is 0 Å². The molecule has 0 unspecified atom stereocenters. The molecule has 0 aromatic carbocycles. The van der Waals surface area contributed by atoms with Crippen LogP contribution in [0.25, 0.3) is 0 Å². The quantitative estimate of drug-likeness (QED) is 0.486. The van der Waals surface area contributed by atoms with Crippen molar-refractivity contribution < 1.29 is 29.3 Å². The molecule has 0 spiro atoms. The highest BCUT2D eigenvalue weighted by molar-refractivity contribution is 5.77. The van der Waals surface area contributed by atoms with Crippen LogP contribution in [0.15, 0.2) is 0 Å². The van der Waals surface area contributed by atoms with E-state index in [0.717, 1.165) is 19.3 Å². The third-order valence-electron chi connectivity index (χ3n) is 2.77. The minimum absolute atomic E-state index is 0.0656. The third-order valence-corrected chi connectivity index (χ3v) is 2.77. The highest BCUT2D eigenvalue weighted by Gasteiger charge is 2.34. The zero-order valence-electron chi connectivity index (χ0n) is 10.4. The minimum Gasteiger partial charge on any atom is -0.466 e. The number of esters is 2. The Balaban J connectivity index is 2.48. The van der Waals surface area contributed by atoms with E-state index in [0.29, 0.717) is 13.0 Å². The molecule has 1 saturated heterocycles. The third kappa shape index (κ3) is 5.46. The summed E-state index contributed by atoms with van der Waals surface area (Å²) in [6, 6.07) is 0. The number of rotatable bonds is 0. The Kier molecular flexibility index (Phi) is 6.07. The molecule has 18 heavy (non-hydrogen) atoms. The Morgan fingerprint density at radius 2 is 1.50 bits per heavy atom. The molecule has 0 radical (unpaired) electrons. The maximum absolute atomic E-state index is 11.3. The van der Waals surface area contributed by atoms with Gasteiger partial charge in [-0.1, -0.05) is 0 Å². The minimum atomic E-state index is -2.51. The first-order valence-corrected chi connectivity index (χ1v) is 6.30. The van der Waals surface area contributed by atoms with E-state index in [-0.39, 0.29) is 31.8 Å². The lowest BCUT2D eigenvalue weighted by Gasteiger charge is -2.19. The van der Waals surface area contributed by atoms with Crippen molar-refractivity contribution in [3.8, 4) is 0 Å². The fraction of sp³-hybridized carbons (Fsp3) is 0.833. The Bertz CT molecular complexity index is 286. The van der Waals surface area contributed by atoms with Crippen LogP contribution in [0.2, 0.25) is 0 Å². The molecule has 104 valence electrons. The molecule has 6 nitrogen and oxygen atoms in total. The molecule has 1 fully saturated rings. The topological polar surface area (TPSA) is 93.1 Å². The van der Waals surface area contributed by atoms with Crippen LogP contribution in [0.4, 0.5) is 0 Å². The molecule has 2 N–H and O–H groups in total. The molecule has 1 rings (SSSR count). The number of hydrogen-bond donors (Lipinski definition) is 2. The average molecular weight is 260 g/mol. The summed E-state index contributed by atoms with van der Waals surface area (Å²) in [5, 5.41) is 18.9. The van der Waals surface area contributed by atoms with Crippen molar-refractivity contribution in [1.82, 2.24) is 0 Å². The van der Waals surface area contributed by atoms with E-state index >= 15 is 0 Å². The van der Waals surface area contributed by atoms with Crippen molar-refractivity contribution in [2.24, 2.45) is 0 Å². The average Bonchev–Trinajstić information content (AvgIpc) is 2.31. The number of aliphatic hydroxyl groups is 2. The van der Waals surface area contributed by atoms with Gasteiger partial charge in [-0.15, -0.1) is 0 Å². The van der Waals surface area contributed by atoms with Crippen molar-refractivity contribution >= 4 is 11.9 Å². The predicted octanol–water partition coefficient (Wildman–Crippen LogP) is 0.498. The second-order valence-electron chi connectivity index (χ2n) is 4.44. The Hall–Kier alpha value is -1.14. The van der Waals surface area contributed by atoms with Gasteiger partial charge in [0.1, 0.15) is 0 Å². The molecular weight excluding hydrogens is 240 g/mol. The number of ether oxygens (including phenoxy) is 2. The van der Waals surface area contributed by atoms with Crippen molar-refractivity contribution in [2.45, 2.75) is 50.7 Å². The fourth-order valence-electron chi connectivity index (χ4n) is 1.68. The van der Waals surface area contributed by atoms with Crippen LogP contribution in [0.3, 0.4) is 0 Å². The summed E-state index contributed by atoms with van der Waals surface area (Å²) in [4.78, 5) is 22.6. The molecular formula is C12H20O6. The second-order valence-corrected chi connectivity index (χ2v) is 4.44. The van der Waals surface area contributed by atoms with Gasteiger partial charge < -0.3 is 19.7 Å². The maximum Gasteiger partial charge on any atom is 0.366 e. The number of cyclic esters (lactones) is 2. The molecule has 0 amide bonds. The van der Waals surface area contributed by atoms with Crippen LogP contribution in [0.5, 0.6) is 0 Å². The fourth-order valence-corrected chi connectivity index (χ4v) is 1.68. The summed E-state index contributed by atoms with van der Waals surface area (Å²) in [6.07, 6.45) is 3.18. The van der Waals surface area contributed by atoms with Gasteiger partial charge in [0.05, 0.1) is 13.2 Å². The monoisotopic (exact) mass is 260 g/mol. The van der Waals surface area contributed by atoms with Crippen molar-refractivity contribution in [3.05, 3.63) is 0 Å². The number of hydrogen-bond acceptors (Lipinski definition) is 6. The van der Waals surface area contributed by atoms with E-state index in [4.69, 9.17) is 9.47 Å². The van der Waals surface area contributed by atoms with Gasteiger partial charge in [-0.3, -0.25) is 4.79 Å². The highest BCUT2D eigenvalue weighted by atomic mass is 16.6. The molecule has 0 aromatic rings. The Morgan fingerprint density at radius 1 is 0.889 bits per heavy atom. The summed E-state index contributed by atoms with van der Waals surface area (Å²) in [6.45, 7) is 0.573. The van der Waals surface area contributed by atoms with Crippen molar-refractivity contribution in [1.29, 1.82) is 0 Å². The van der Waals surface area contributed by atoms with Crippen LogP contribution < -0.4 is 0 Å². The molecule has 0 aromatic heterocycles. The maximum atomic E-state index is 11.3. The lowest BCUT2D eigenvalue weighted by Crippen LogP contribution is -2.40. The summed E-state index contributed by atoms with van der Waals surface area (Å²) in [5.74, 6) is -3.94. The first-order chi connectivity index (χ1) is 8.52. The first-order valence-electron chi connectivity index (χ1n) is 6.30. The van der Waals surface area contributed by atoms with Crippen molar-refractivity contribution in [2.75, 3.05) is 13.2 Å². The first kappa shape index (κ1) is 14.9. The molecule has 0 aliphatic carbocycles. The second kappa shape index (κ2) is 7.33. The molecule has 0 bridgehead atoms. The van der Waals surface area contributed by atoms with Gasteiger partial charge in [0.2, 0.25) is 0 Å². The van der Waals surface area contributed by atoms with Crippen LogP contribution in [-0.4, -0.2) is 41.2 Å². The summed E-state index contributed by atoms with van der Waals surface area (Å²) >= 11 is 0. The highest BCUT2D eigenvalue weighted by Crippen LogP contribution is 2.14. The van der Waals surface area contributed by atoms with Crippen LogP contribution in [0, 0.1) is 0 Å². The smallest absolute Gasteiger partial charge is 0.366 e. The van der Waals surface area contributed by atoms with E-state index in [1.165, 1.54) is 0 Å². The van der Waals surface area contributed by atoms with E-state index < -0.39 is 11.8 Å². The van der Waals surface area contributed by atoms with Gasteiger partial charge in [-0.05, 0) is 32.1 Å². The SMILES string of the molecule is O=C1CCCC(O)(O)C(=O)OCCCCCCO1. The van der Waals surface area contributed by atoms with E-state index in [9.17, 15) is 19.8 Å². The normalized spacial score (nSPS) is 23.7. The van der Waals surface area contributed by atoms with E-state index in [1.54, 1.807) is 0 Å². The van der Waals surface area contributed by atoms with Crippen LogP contribution in [0.1, 0.15) is 44.9 Å². The van der Waals surface area contributed by atoms with Crippen LogP contribution >= 0.6 is 0 Å². The number of carbonyl (C=O) groups is 2.